The summed E-state index contributed by atoms with van der Waals surface area (Å²) in [5.74, 6) is -0.661. The average molecular weight is 471 g/mol. The summed E-state index contributed by atoms with van der Waals surface area (Å²) in [6.45, 7) is 0. The Labute approximate surface area is 176 Å². The van der Waals surface area contributed by atoms with Gasteiger partial charge in [-0.1, -0.05) is 28.1 Å². The van der Waals surface area contributed by atoms with Gasteiger partial charge in [-0.25, -0.2) is 14.8 Å². The number of carbonyl (C=O) groups is 1. The smallest absolute Gasteiger partial charge is 0.337 e. The second kappa shape index (κ2) is 7.57. The molecule has 0 radical (unpaired) electrons. The third-order valence-corrected chi connectivity index (χ3v) is 5.58. The summed E-state index contributed by atoms with van der Waals surface area (Å²) in [4.78, 5) is 31.5. The first kappa shape index (κ1) is 19.0. The number of carboxylic acid groups (broad SMARTS) is 1. The van der Waals surface area contributed by atoms with E-state index in [0.29, 0.717) is 31.8 Å². The topological polar surface area (TPSA) is 118 Å². The zero-order valence-electron chi connectivity index (χ0n) is 14.5. The van der Waals surface area contributed by atoms with Crippen LogP contribution in [0.15, 0.2) is 58.6 Å². The minimum atomic E-state index is -1.08. The molecule has 4 aromatic rings. The van der Waals surface area contributed by atoms with Gasteiger partial charge in [-0.15, -0.1) is 11.3 Å². The molecule has 0 spiro atoms. The number of nitro benzene ring substituents is 1. The average Bonchev–Trinajstić information content (AvgIpc) is 3.14. The van der Waals surface area contributed by atoms with Crippen molar-refractivity contribution in [3.8, 4) is 11.1 Å². The van der Waals surface area contributed by atoms with Gasteiger partial charge in [0.1, 0.15) is 17.0 Å². The lowest BCUT2D eigenvalue weighted by molar-refractivity contribution is -0.384. The number of thiophene rings is 1. The van der Waals surface area contributed by atoms with Crippen LogP contribution < -0.4 is 5.32 Å². The molecule has 2 aromatic carbocycles. The molecular formula is C19H11BrN4O4S. The van der Waals surface area contributed by atoms with Crippen molar-refractivity contribution in [1.29, 1.82) is 0 Å². The first-order valence-electron chi connectivity index (χ1n) is 8.21. The van der Waals surface area contributed by atoms with Crippen molar-refractivity contribution in [2.45, 2.75) is 0 Å². The van der Waals surface area contributed by atoms with Gasteiger partial charge in [-0.2, -0.15) is 0 Å². The Hall–Kier alpha value is -3.37. The number of halogens is 1. The molecule has 10 heteroatoms. The van der Waals surface area contributed by atoms with Crippen LogP contribution in [0.2, 0.25) is 0 Å². The molecule has 29 heavy (non-hydrogen) atoms. The summed E-state index contributed by atoms with van der Waals surface area (Å²) >= 11 is 4.65. The predicted octanol–water partition coefficient (Wildman–Crippen LogP) is 5.47. The molecule has 0 saturated heterocycles. The van der Waals surface area contributed by atoms with E-state index < -0.39 is 10.9 Å². The van der Waals surface area contributed by atoms with Gasteiger partial charge < -0.3 is 10.4 Å². The molecule has 2 N–H and O–H groups in total. The molecule has 0 amide bonds. The summed E-state index contributed by atoms with van der Waals surface area (Å²) in [6, 6.07) is 11.2. The van der Waals surface area contributed by atoms with E-state index in [0.717, 1.165) is 5.56 Å². The van der Waals surface area contributed by atoms with Gasteiger partial charge >= 0.3 is 5.97 Å². The van der Waals surface area contributed by atoms with Crippen molar-refractivity contribution in [1.82, 2.24) is 9.97 Å². The molecule has 8 nitrogen and oxygen atoms in total. The van der Waals surface area contributed by atoms with Gasteiger partial charge in [-0.3, -0.25) is 10.1 Å². The van der Waals surface area contributed by atoms with Crippen LogP contribution in [0.4, 0.5) is 17.2 Å². The van der Waals surface area contributed by atoms with E-state index in [1.54, 1.807) is 24.3 Å². The number of hydrogen-bond donors (Lipinski definition) is 2. The van der Waals surface area contributed by atoms with Crippen LogP contribution in [0.1, 0.15) is 10.4 Å². The third kappa shape index (κ3) is 3.67. The molecule has 0 aliphatic rings. The molecule has 4 rings (SSSR count). The lowest BCUT2D eigenvalue weighted by Crippen LogP contribution is -2.04. The van der Waals surface area contributed by atoms with E-state index in [2.05, 4.69) is 31.2 Å². The Bertz CT molecular complexity index is 1270. The summed E-state index contributed by atoms with van der Waals surface area (Å²) in [7, 11) is 0. The molecule has 0 bridgehead atoms. The maximum atomic E-state index is 11.6. The van der Waals surface area contributed by atoms with E-state index >= 15 is 0 Å². The number of nitrogens with zero attached hydrogens (tertiary/aromatic N) is 3. The highest BCUT2D eigenvalue weighted by atomic mass is 79.9. The largest absolute Gasteiger partial charge is 0.478 e. The summed E-state index contributed by atoms with van der Waals surface area (Å²) in [5, 5.41) is 26.2. The number of hydrogen-bond acceptors (Lipinski definition) is 7. The quantitative estimate of drug-likeness (QED) is 0.293. The number of anilines is 2. The highest BCUT2D eigenvalue weighted by molar-refractivity contribution is 9.10. The van der Waals surface area contributed by atoms with Crippen LogP contribution in [0.5, 0.6) is 0 Å². The third-order valence-electron chi connectivity index (χ3n) is 4.20. The predicted molar refractivity (Wildman–Crippen MR) is 114 cm³/mol. The molecule has 0 fully saturated rings. The second-order valence-corrected chi connectivity index (χ2v) is 7.75. The minimum absolute atomic E-state index is 0.0192. The summed E-state index contributed by atoms with van der Waals surface area (Å²) < 4.78 is 0.640. The summed E-state index contributed by atoms with van der Waals surface area (Å²) in [5.41, 5.74) is 1.81. The highest BCUT2D eigenvalue weighted by Crippen LogP contribution is 2.38. The van der Waals surface area contributed by atoms with Crippen molar-refractivity contribution in [3.63, 3.8) is 0 Å². The number of nitro groups is 1. The fraction of sp³-hybridized carbons (Fsp3) is 0. The molecule has 0 saturated carbocycles. The normalized spacial score (nSPS) is 10.8. The monoisotopic (exact) mass is 470 g/mol. The van der Waals surface area contributed by atoms with Gasteiger partial charge in [0.15, 0.2) is 0 Å². The highest BCUT2D eigenvalue weighted by Gasteiger charge is 2.17. The number of carboxylic acids is 1. The van der Waals surface area contributed by atoms with Crippen LogP contribution in [0.3, 0.4) is 0 Å². The number of benzene rings is 2. The summed E-state index contributed by atoms with van der Waals surface area (Å²) in [6.07, 6.45) is 1.39. The molecule has 2 heterocycles. The van der Waals surface area contributed by atoms with E-state index in [-0.39, 0.29) is 11.3 Å². The standard InChI is InChI=1S/C19H11BrN4O4S/c20-11-4-5-15(13(7-11)19(25)26)23-17-16-14(8-29-18(16)22-9-21-17)10-2-1-3-12(6-10)24(27)28/h1-9H,(H,25,26)(H,21,22,23). The minimum Gasteiger partial charge on any atom is -0.478 e. The Balaban J connectivity index is 1.86. The van der Waals surface area contributed by atoms with Crippen LogP contribution in [0.25, 0.3) is 21.3 Å². The lowest BCUT2D eigenvalue weighted by Gasteiger charge is -2.11. The first-order chi connectivity index (χ1) is 13.9. The van der Waals surface area contributed by atoms with Gasteiger partial charge in [0, 0.05) is 27.5 Å². The Morgan fingerprint density at radius 1 is 1.21 bits per heavy atom. The van der Waals surface area contributed by atoms with Crippen LogP contribution in [0, 0.1) is 10.1 Å². The van der Waals surface area contributed by atoms with E-state index in [1.165, 1.54) is 35.9 Å². The number of fused-ring (bicyclic) bond motifs is 1. The molecular weight excluding hydrogens is 460 g/mol. The molecule has 0 unspecified atom stereocenters. The first-order valence-corrected chi connectivity index (χ1v) is 9.88. The number of rotatable bonds is 5. The fourth-order valence-electron chi connectivity index (χ4n) is 2.90. The van der Waals surface area contributed by atoms with Crippen LogP contribution in [-0.2, 0) is 0 Å². The van der Waals surface area contributed by atoms with Gasteiger partial charge in [0.25, 0.3) is 5.69 Å². The molecule has 0 atom stereocenters. The van der Waals surface area contributed by atoms with Crippen LogP contribution in [-0.4, -0.2) is 26.0 Å². The van der Waals surface area contributed by atoms with Crippen LogP contribution >= 0.6 is 27.3 Å². The maximum Gasteiger partial charge on any atom is 0.337 e. The van der Waals surface area contributed by atoms with Crippen molar-refractivity contribution in [2.75, 3.05) is 5.32 Å². The number of nitrogens with one attached hydrogen (secondary N) is 1. The molecule has 0 aliphatic carbocycles. The Morgan fingerprint density at radius 2 is 2.03 bits per heavy atom. The zero-order chi connectivity index (χ0) is 20.5. The van der Waals surface area contributed by atoms with E-state index in [1.807, 2.05) is 5.38 Å². The maximum absolute atomic E-state index is 11.6. The molecule has 144 valence electrons. The van der Waals surface area contributed by atoms with Gasteiger partial charge in [0.05, 0.1) is 21.6 Å². The Kier molecular flexibility index (Phi) is 4.95. The second-order valence-electron chi connectivity index (χ2n) is 5.98. The van der Waals surface area contributed by atoms with Crippen molar-refractivity contribution in [3.05, 3.63) is 74.3 Å². The Morgan fingerprint density at radius 3 is 2.79 bits per heavy atom. The van der Waals surface area contributed by atoms with Gasteiger partial charge in [-0.05, 0) is 23.8 Å². The lowest BCUT2D eigenvalue weighted by atomic mass is 10.1. The number of aromatic nitrogens is 2. The fourth-order valence-corrected chi connectivity index (χ4v) is 4.18. The SMILES string of the molecule is O=C(O)c1cc(Br)ccc1Nc1ncnc2scc(-c3cccc([N+](=O)[O-])c3)c12. The number of aromatic carboxylic acids is 1. The van der Waals surface area contributed by atoms with Crippen molar-refractivity contribution < 1.29 is 14.8 Å². The van der Waals surface area contributed by atoms with Crippen molar-refractivity contribution in [2.24, 2.45) is 0 Å². The van der Waals surface area contributed by atoms with E-state index in [4.69, 9.17) is 0 Å². The molecule has 0 aliphatic heterocycles. The molecule has 2 aromatic heterocycles. The van der Waals surface area contributed by atoms with Gasteiger partial charge in [0.2, 0.25) is 0 Å². The number of non-ortho nitro benzene ring substituents is 1. The zero-order valence-corrected chi connectivity index (χ0v) is 16.9. The van der Waals surface area contributed by atoms with Crippen molar-refractivity contribution >= 4 is 60.6 Å². The van der Waals surface area contributed by atoms with E-state index in [9.17, 15) is 20.0 Å².